The van der Waals surface area contributed by atoms with Crippen LogP contribution in [0.4, 0.5) is 0 Å². The molecule has 6 aromatic rings. The van der Waals surface area contributed by atoms with Gasteiger partial charge in [-0.3, -0.25) is 4.79 Å². The average molecular weight is 533 g/mol. The lowest BCUT2D eigenvalue weighted by Gasteiger charge is -2.18. The van der Waals surface area contributed by atoms with Crippen molar-refractivity contribution in [3.8, 4) is 12.1 Å². The van der Waals surface area contributed by atoms with Gasteiger partial charge in [-0.25, -0.2) is 5.43 Å². The van der Waals surface area contributed by atoms with E-state index in [9.17, 15) is 15.3 Å². The Bertz CT molecular complexity index is 1920. The zero-order valence-corrected chi connectivity index (χ0v) is 22.1. The number of carbonyl (C=O) groups is 1. The predicted molar refractivity (Wildman–Crippen MR) is 160 cm³/mol. The fourth-order valence-corrected chi connectivity index (χ4v) is 5.14. The van der Waals surface area contributed by atoms with E-state index >= 15 is 0 Å². The van der Waals surface area contributed by atoms with Gasteiger partial charge in [-0.2, -0.15) is 15.6 Å². The van der Waals surface area contributed by atoms with E-state index in [-0.39, 0.29) is 11.8 Å². The van der Waals surface area contributed by atoms with E-state index in [0.29, 0.717) is 16.7 Å². The Labute approximate surface area is 236 Å². The molecule has 0 atom stereocenters. The number of nitrogens with zero attached hydrogens (tertiary/aromatic N) is 3. The van der Waals surface area contributed by atoms with Crippen molar-refractivity contribution in [3.05, 3.63) is 142 Å². The Kier molecular flexibility index (Phi) is 6.61. The fourth-order valence-electron chi connectivity index (χ4n) is 5.14. The summed E-state index contributed by atoms with van der Waals surface area (Å²) in [7, 11) is 0. The Morgan fingerprint density at radius 3 is 1.90 bits per heavy atom. The maximum absolute atomic E-state index is 12.8. The van der Waals surface area contributed by atoms with Gasteiger partial charge in [0.1, 0.15) is 0 Å². The fraction of sp³-hybridized carbons (Fsp3) is 0.0588. The minimum Gasteiger partial charge on any atom is -0.361 e. The van der Waals surface area contributed by atoms with E-state index in [0.717, 1.165) is 49.6 Å². The highest BCUT2D eigenvalue weighted by molar-refractivity contribution is 5.95. The number of hydrogen-bond acceptors (Lipinski definition) is 4. The van der Waals surface area contributed by atoms with Crippen LogP contribution in [0.15, 0.2) is 102 Å². The predicted octanol–water partition coefficient (Wildman–Crippen LogP) is 6.65. The molecule has 0 radical (unpaired) electrons. The smallest absolute Gasteiger partial charge is 0.271 e. The topological polar surface area (TPSA) is 121 Å². The summed E-state index contributed by atoms with van der Waals surface area (Å²) in [5.74, 6) is -0.551. The minimum absolute atomic E-state index is 0.239. The van der Waals surface area contributed by atoms with Crippen molar-refractivity contribution in [2.24, 2.45) is 5.10 Å². The molecule has 2 aromatic heterocycles. The standard InChI is InChI=1S/C34H24N6O/c1-21-2-4-22(5-3-21)18-39-40-34(41)26-10-8-25(9-11-26)33(29-19-37-31-12-6-23(16-35)14-27(29)31)30-20-38-32-13-7-24(17-36)15-28(30)32/h2-15,18-20,33,37-38H,1H3,(H,40,41)/b39-18+. The van der Waals surface area contributed by atoms with Crippen LogP contribution in [0.3, 0.4) is 0 Å². The van der Waals surface area contributed by atoms with Crippen LogP contribution in [0.2, 0.25) is 0 Å². The summed E-state index contributed by atoms with van der Waals surface area (Å²) in [6, 6.07) is 30.9. The lowest BCUT2D eigenvalue weighted by atomic mass is 9.84. The van der Waals surface area contributed by atoms with E-state index in [1.165, 1.54) is 0 Å². The highest BCUT2D eigenvalue weighted by atomic mass is 16.2. The molecular formula is C34H24N6O. The van der Waals surface area contributed by atoms with E-state index in [1.807, 2.05) is 80.0 Å². The molecule has 0 fully saturated rings. The molecule has 0 unspecified atom stereocenters. The quantitative estimate of drug-likeness (QED) is 0.165. The number of fused-ring (bicyclic) bond motifs is 2. The number of H-pyrrole nitrogens is 2. The number of amides is 1. The van der Waals surface area contributed by atoms with Crippen molar-refractivity contribution in [1.82, 2.24) is 15.4 Å². The van der Waals surface area contributed by atoms with Gasteiger partial charge in [0.15, 0.2) is 0 Å². The summed E-state index contributed by atoms with van der Waals surface area (Å²) in [6.45, 7) is 2.01. The van der Waals surface area contributed by atoms with Crippen LogP contribution in [-0.4, -0.2) is 22.1 Å². The van der Waals surface area contributed by atoms with Crippen LogP contribution >= 0.6 is 0 Å². The van der Waals surface area contributed by atoms with Gasteiger partial charge in [-0.1, -0.05) is 42.0 Å². The Morgan fingerprint density at radius 1 is 0.805 bits per heavy atom. The van der Waals surface area contributed by atoms with Gasteiger partial charge in [0.2, 0.25) is 0 Å². The van der Waals surface area contributed by atoms with Gasteiger partial charge in [-0.15, -0.1) is 0 Å². The Balaban J connectivity index is 1.38. The zero-order valence-electron chi connectivity index (χ0n) is 22.1. The number of nitrogens with one attached hydrogen (secondary N) is 3. The Hall–Kier alpha value is -5.92. The third kappa shape index (κ3) is 4.96. The van der Waals surface area contributed by atoms with Crippen molar-refractivity contribution >= 4 is 33.9 Å². The van der Waals surface area contributed by atoms with E-state index in [4.69, 9.17) is 0 Å². The van der Waals surface area contributed by atoms with Gasteiger partial charge in [-0.05, 0) is 77.7 Å². The third-order valence-electron chi connectivity index (χ3n) is 7.27. The van der Waals surface area contributed by atoms with E-state index in [1.54, 1.807) is 30.5 Å². The molecule has 6 rings (SSSR count). The number of carbonyl (C=O) groups excluding carboxylic acids is 1. The molecule has 0 bridgehead atoms. The number of rotatable bonds is 6. The molecule has 3 N–H and O–H groups in total. The van der Waals surface area contributed by atoms with Crippen LogP contribution < -0.4 is 5.43 Å². The first-order chi connectivity index (χ1) is 20.0. The molecule has 1 amide bonds. The van der Waals surface area contributed by atoms with Crippen molar-refractivity contribution in [3.63, 3.8) is 0 Å². The zero-order chi connectivity index (χ0) is 28.3. The number of aryl methyl sites for hydroxylation is 1. The summed E-state index contributed by atoms with van der Waals surface area (Å²) >= 11 is 0. The number of nitriles is 2. The number of benzene rings is 4. The van der Waals surface area contributed by atoms with Crippen molar-refractivity contribution in [1.29, 1.82) is 10.5 Å². The lowest BCUT2D eigenvalue weighted by molar-refractivity contribution is 0.0955. The lowest BCUT2D eigenvalue weighted by Crippen LogP contribution is -2.17. The molecular weight excluding hydrogens is 508 g/mol. The summed E-state index contributed by atoms with van der Waals surface area (Å²) in [4.78, 5) is 19.5. The first kappa shape index (κ1) is 25.4. The average Bonchev–Trinajstić information content (AvgIpc) is 3.62. The van der Waals surface area contributed by atoms with Crippen molar-refractivity contribution < 1.29 is 4.79 Å². The van der Waals surface area contributed by atoms with Gasteiger partial charge >= 0.3 is 0 Å². The summed E-state index contributed by atoms with van der Waals surface area (Å²) in [5.41, 5.74) is 11.0. The van der Waals surface area contributed by atoms with Gasteiger partial charge in [0.25, 0.3) is 5.91 Å². The molecule has 4 aromatic carbocycles. The molecule has 0 spiro atoms. The maximum Gasteiger partial charge on any atom is 0.271 e. The number of aromatic amines is 2. The maximum atomic E-state index is 12.8. The largest absolute Gasteiger partial charge is 0.361 e. The number of hydrazone groups is 1. The Morgan fingerprint density at radius 2 is 1.37 bits per heavy atom. The van der Waals surface area contributed by atoms with Crippen LogP contribution in [0, 0.1) is 29.6 Å². The summed E-state index contributed by atoms with van der Waals surface area (Å²) < 4.78 is 0. The monoisotopic (exact) mass is 532 g/mol. The van der Waals surface area contributed by atoms with Gasteiger partial charge < -0.3 is 9.97 Å². The van der Waals surface area contributed by atoms with Crippen LogP contribution in [0.5, 0.6) is 0 Å². The summed E-state index contributed by atoms with van der Waals surface area (Å²) in [6.07, 6.45) is 5.54. The first-order valence-corrected chi connectivity index (χ1v) is 13.1. The highest BCUT2D eigenvalue weighted by Gasteiger charge is 2.24. The SMILES string of the molecule is Cc1ccc(/C=N/NC(=O)c2ccc(C(c3c[nH]c4ccc(C#N)cc34)c3c[nH]c4ccc(C#N)cc34)cc2)cc1. The molecule has 0 saturated carbocycles. The second-order valence-corrected chi connectivity index (χ2v) is 9.90. The van der Waals surface area contributed by atoms with Gasteiger partial charge in [0.05, 0.1) is 29.5 Å². The molecule has 7 heteroatoms. The minimum atomic E-state index is -0.312. The van der Waals surface area contributed by atoms with E-state index < -0.39 is 0 Å². The number of hydrogen-bond donors (Lipinski definition) is 3. The van der Waals surface area contributed by atoms with Crippen molar-refractivity contribution in [2.45, 2.75) is 12.8 Å². The third-order valence-corrected chi connectivity index (χ3v) is 7.27. The molecule has 0 aliphatic heterocycles. The molecule has 2 heterocycles. The summed E-state index contributed by atoms with van der Waals surface area (Å²) in [5, 5.41) is 25.1. The second-order valence-electron chi connectivity index (χ2n) is 9.90. The molecule has 0 aliphatic carbocycles. The molecule has 41 heavy (non-hydrogen) atoms. The van der Waals surface area contributed by atoms with Crippen LogP contribution in [-0.2, 0) is 0 Å². The molecule has 0 aliphatic rings. The van der Waals surface area contributed by atoms with Gasteiger partial charge in [0, 0.05) is 45.7 Å². The molecule has 196 valence electrons. The molecule has 0 saturated heterocycles. The molecule has 7 nitrogen and oxygen atoms in total. The van der Waals surface area contributed by atoms with Crippen molar-refractivity contribution in [2.75, 3.05) is 0 Å². The normalized spacial score (nSPS) is 11.2. The number of aromatic nitrogens is 2. The van der Waals surface area contributed by atoms with Crippen LogP contribution in [0.1, 0.15) is 55.2 Å². The van der Waals surface area contributed by atoms with Crippen LogP contribution in [0.25, 0.3) is 21.8 Å². The van der Waals surface area contributed by atoms with E-state index in [2.05, 4.69) is 32.6 Å². The highest BCUT2D eigenvalue weighted by Crippen LogP contribution is 2.40. The first-order valence-electron chi connectivity index (χ1n) is 13.1. The second kappa shape index (κ2) is 10.7.